The third kappa shape index (κ3) is 17.6. The summed E-state index contributed by atoms with van der Waals surface area (Å²) in [6, 6.07) is -0.903. The minimum absolute atomic E-state index is 0.257. The predicted octanol–water partition coefficient (Wildman–Crippen LogP) is 2.48. The van der Waals surface area contributed by atoms with Crippen molar-refractivity contribution in [2.45, 2.75) is 209 Å². The Morgan fingerprint density at radius 2 is 1.17 bits per heavy atom. The fraction of sp³-hybridized carbons (Fsp3) is 0.923. The van der Waals surface area contributed by atoms with Crippen molar-refractivity contribution in [1.82, 2.24) is 5.32 Å². The van der Waals surface area contributed by atoms with Gasteiger partial charge in [-0.15, -0.1) is 0 Å². The molecule has 0 saturated carbocycles. The van der Waals surface area contributed by atoms with Gasteiger partial charge in [-0.05, 0) is 19.3 Å². The van der Waals surface area contributed by atoms with Crippen molar-refractivity contribution < 1.29 is 64.6 Å². The average Bonchev–Trinajstić information content (AvgIpc) is 3.15. The van der Waals surface area contributed by atoms with Crippen molar-refractivity contribution in [3.05, 3.63) is 12.2 Å². The van der Waals surface area contributed by atoms with E-state index in [1.54, 1.807) is 6.08 Å². The Hall–Kier alpha value is -1.27. The van der Waals surface area contributed by atoms with Crippen LogP contribution in [0.25, 0.3) is 0 Å². The average molecular weight is 764 g/mol. The van der Waals surface area contributed by atoms with E-state index in [2.05, 4.69) is 12.2 Å². The molecular formula is C39H73NO13. The monoisotopic (exact) mass is 764 g/mol. The standard InChI is InChI=1S/C39H73NO13/c1-3-5-7-8-9-10-11-12-13-14-15-16-17-18-19-20-21-22-28(43)27(40-31(44)23-6-4-2)26-50-38-36(49)34(47)37(30(25-42)52-38)53-39-35(48)33(46)32(45)29(24-41)51-39/h21-22,27-30,32-39,41-43,45-49H,3-20,23-26H2,1-2H3,(H,40,44)/b22-21+. The Morgan fingerprint density at radius 1 is 0.660 bits per heavy atom. The van der Waals surface area contributed by atoms with Gasteiger partial charge in [-0.2, -0.15) is 0 Å². The number of rotatable bonds is 29. The molecule has 0 aromatic rings. The predicted molar refractivity (Wildman–Crippen MR) is 199 cm³/mol. The van der Waals surface area contributed by atoms with Crippen molar-refractivity contribution in [2.24, 2.45) is 0 Å². The van der Waals surface area contributed by atoms with Crippen LogP contribution in [0.4, 0.5) is 0 Å². The van der Waals surface area contributed by atoms with Crippen LogP contribution in [0.2, 0.25) is 0 Å². The molecule has 1 amide bonds. The van der Waals surface area contributed by atoms with Gasteiger partial charge >= 0.3 is 0 Å². The Kier molecular flexibility index (Phi) is 25.5. The van der Waals surface area contributed by atoms with E-state index < -0.39 is 86.8 Å². The molecule has 53 heavy (non-hydrogen) atoms. The van der Waals surface area contributed by atoms with Crippen LogP contribution in [0.15, 0.2) is 12.2 Å². The Labute approximate surface area is 316 Å². The lowest BCUT2D eigenvalue weighted by Crippen LogP contribution is -2.65. The number of ether oxygens (including phenoxy) is 4. The Morgan fingerprint density at radius 3 is 1.72 bits per heavy atom. The zero-order valence-corrected chi connectivity index (χ0v) is 32.3. The van der Waals surface area contributed by atoms with E-state index in [1.165, 1.54) is 83.5 Å². The number of carbonyl (C=O) groups is 1. The van der Waals surface area contributed by atoms with Crippen LogP contribution in [0.3, 0.4) is 0 Å². The molecule has 9 N–H and O–H groups in total. The summed E-state index contributed by atoms with van der Waals surface area (Å²) in [6.45, 7) is 2.50. The van der Waals surface area contributed by atoms with E-state index in [0.717, 1.165) is 25.7 Å². The summed E-state index contributed by atoms with van der Waals surface area (Å²) in [5.74, 6) is -0.276. The molecule has 14 heteroatoms. The van der Waals surface area contributed by atoms with E-state index in [9.17, 15) is 45.6 Å². The maximum atomic E-state index is 12.6. The maximum Gasteiger partial charge on any atom is 0.220 e. The van der Waals surface area contributed by atoms with E-state index in [1.807, 2.05) is 13.0 Å². The van der Waals surface area contributed by atoms with Crippen molar-refractivity contribution >= 4 is 5.91 Å². The highest BCUT2D eigenvalue weighted by Gasteiger charge is 2.50. The second-order valence-corrected chi connectivity index (χ2v) is 14.8. The molecule has 2 aliphatic heterocycles. The molecule has 0 bridgehead atoms. The molecule has 312 valence electrons. The molecule has 2 heterocycles. The number of unbranched alkanes of at least 4 members (excludes halogenated alkanes) is 16. The molecule has 0 aromatic carbocycles. The van der Waals surface area contributed by atoms with Gasteiger partial charge in [0.2, 0.25) is 5.91 Å². The lowest BCUT2D eigenvalue weighted by Gasteiger charge is -2.46. The largest absolute Gasteiger partial charge is 0.394 e. The SMILES string of the molecule is CCCCCCCCCCCCCCCCC/C=C/C(O)C(COC1OC(CO)C(OC2OC(CO)C(O)C(O)C2O)C(O)C1O)NC(=O)CCCC. The molecular weight excluding hydrogens is 690 g/mol. The van der Waals surface area contributed by atoms with Crippen molar-refractivity contribution in [1.29, 1.82) is 0 Å². The van der Waals surface area contributed by atoms with E-state index >= 15 is 0 Å². The summed E-state index contributed by atoms with van der Waals surface area (Å²) in [4.78, 5) is 12.6. The number of hydrogen-bond acceptors (Lipinski definition) is 13. The van der Waals surface area contributed by atoms with Gasteiger partial charge in [0.05, 0.1) is 32.0 Å². The molecule has 0 spiro atoms. The van der Waals surface area contributed by atoms with Gasteiger partial charge in [0, 0.05) is 6.42 Å². The van der Waals surface area contributed by atoms with Crippen LogP contribution >= 0.6 is 0 Å². The van der Waals surface area contributed by atoms with Crippen molar-refractivity contribution in [3.63, 3.8) is 0 Å². The first-order valence-corrected chi connectivity index (χ1v) is 20.4. The highest BCUT2D eigenvalue weighted by atomic mass is 16.7. The van der Waals surface area contributed by atoms with E-state index in [-0.39, 0.29) is 18.9 Å². The van der Waals surface area contributed by atoms with Gasteiger partial charge in [-0.25, -0.2) is 0 Å². The highest BCUT2D eigenvalue weighted by molar-refractivity contribution is 5.76. The fourth-order valence-electron chi connectivity index (χ4n) is 6.74. The molecule has 0 aromatic heterocycles. The van der Waals surface area contributed by atoms with Gasteiger partial charge in [-0.3, -0.25) is 4.79 Å². The summed E-state index contributed by atoms with van der Waals surface area (Å²) in [7, 11) is 0. The van der Waals surface area contributed by atoms with Crippen LogP contribution in [0, 0.1) is 0 Å². The van der Waals surface area contributed by atoms with Crippen molar-refractivity contribution in [2.75, 3.05) is 19.8 Å². The number of hydrogen-bond donors (Lipinski definition) is 9. The van der Waals surface area contributed by atoms with Gasteiger partial charge < -0.3 is 65.1 Å². The Balaban J connectivity index is 1.80. The molecule has 2 saturated heterocycles. The van der Waals surface area contributed by atoms with Crippen LogP contribution in [-0.4, -0.2) is 140 Å². The van der Waals surface area contributed by atoms with Crippen LogP contribution in [0.5, 0.6) is 0 Å². The van der Waals surface area contributed by atoms with Gasteiger partial charge in [0.1, 0.15) is 48.8 Å². The topological polar surface area (TPSA) is 228 Å². The maximum absolute atomic E-state index is 12.6. The van der Waals surface area contributed by atoms with E-state index in [4.69, 9.17) is 18.9 Å². The third-order valence-electron chi connectivity index (χ3n) is 10.2. The first-order valence-electron chi connectivity index (χ1n) is 20.4. The van der Waals surface area contributed by atoms with Gasteiger partial charge in [0.15, 0.2) is 12.6 Å². The molecule has 14 nitrogen and oxygen atoms in total. The first-order chi connectivity index (χ1) is 25.6. The normalized spacial score (nSPS) is 30.5. The number of allylic oxidation sites excluding steroid dienone is 1. The number of carbonyl (C=O) groups excluding carboxylic acids is 1. The van der Waals surface area contributed by atoms with Gasteiger partial charge in [0.25, 0.3) is 0 Å². The summed E-state index contributed by atoms with van der Waals surface area (Å²) >= 11 is 0. The molecule has 0 aliphatic carbocycles. The molecule has 12 unspecified atom stereocenters. The molecule has 2 fully saturated rings. The molecule has 2 aliphatic rings. The van der Waals surface area contributed by atoms with E-state index in [0.29, 0.717) is 6.42 Å². The van der Waals surface area contributed by atoms with Crippen molar-refractivity contribution in [3.8, 4) is 0 Å². The quantitative estimate of drug-likeness (QED) is 0.0395. The molecule has 12 atom stereocenters. The number of nitrogens with one attached hydrogen (secondary N) is 1. The summed E-state index contributed by atoms with van der Waals surface area (Å²) in [5, 5.41) is 85.5. The lowest BCUT2D eigenvalue weighted by atomic mass is 9.97. The zero-order chi connectivity index (χ0) is 39.0. The van der Waals surface area contributed by atoms with Crippen LogP contribution < -0.4 is 5.32 Å². The zero-order valence-electron chi connectivity index (χ0n) is 32.3. The summed E-state index contributed by atoms with van der Waals surface area (Å²) < 4.78 is 22.4. The van der Waals surface area contributed by atoms with Gasteiger partial charge in [-0.1, -0.05) is 122 Å². The third-order valence-corrected chi connectivity index (χ3v) is 10.2. The highest BCUT2D eigenvalue weighted by Crippen LogP contribution is 2.29. The fourth-order valence-corrected chi connectivity index (χ4v) is 6.74. The minimum Gasteiger partial charge on any atom is -0.394 e. The number of amides is 1. The first kappa shape index (κ1) is 47.9. The van der Waals surface area contributed by atoms with Crippen LogP contribution in [-0.2, 0) is 23.7 Å². The summed E-state index contributed by atoms with van der Waals surface area (Å²) in [5.41, 5.74) is 0. The van der Waals surface area contributed by atoms with Crippen LogP contribution in [0.1, 0.15) is 136 Å². The second-order valence-electron chi connectivity index (χ2n) is 14.8. The smallest absolute Gasteiger partial charge is 0.220 e. The number of aliphatic hydroxyl groups is 8. The second kappa shape index (κ2) is 28.2. The minimum atomic E-state index is -1.78. The molecule has 0 radical (unpaired) electrons. The Bertz CT molecular complexity index is 956. The molecule has 2 rings (SSSR count). The lowest BCUT2D eigenvalue weighted by molar-refractivity contribution is -0.359. The summed E-state index contributed by atoms with van der Waals surface area (Å²) in [6.07, 6.45) is 8.32. The number of aliphatic hydroxyl groups excluding tert-OH is 8.